The second kappa shape index (κ2) is 5.92. The molecule has 2 unspecified atom stereocenters. The van der Waals surface area contributed by atoms with Crippen LogP contribution in [0, 0.1) is 11.3 Å². The van der Waals surface area contributed by atoms with E-state index < -0.39 is 0 Å². The number of nitrogens with one attached hydrogen (secondary N) is 1. The fourth-order valence-electron chi connectivity index (χ4n) is 4.21. The number of nitrogens with zero attached hydrogens (tertiary/aromatic N) is 1. The molecule has 1 N–H and O–H groups in total. The van der Waals surface area contributed by atoms with Crippen molar-refractivity contribution in [2.24, 2.45) is 11.3 Å². The molecule has 0 aliphatic heterocycles. The van der Waals surface area contributed by atoms with E-state index in [4.69, 9.17) is 0 Å². The van der Waals surface area contributed by atoms with Crippen molar-refractivity contribution in [1.29, 1.82) is 0 Å². The zero-order valence-corrected chi connectivity index (χ0v) is 12.8. The monoisotopic (exact) mass is 252 g/mol. The first kappa shape index (κ1) is 14.3. The molecule has 2 nitrogen and oxygen atoms in total. The number of hydrogen-bond donors (Lipinski definition) is 1. The Morgan fingerprint density at radius 3 is 2.44 bits per heavy atom. The number of hydrogen-bond acceptors (Lipinski definition) is 2. The summed E-state index contributed by atoms with van der Waals surface area (Å²) in [7, 11) is 2.36. The minimum Gasteiger partial charge on any atom is -0.312 e. The molecule has 0 heterocycles. The molecule has 2 atom stereocenters. The van der Waals surface area contributed by atoms with Crippen molar-refractivity contribution in [3.63, 3.8) is 0 Å². The van der Waals surface area contributed by atoms with Crippen LogP contribution in [0.3, 0.4) is 0 Å². The van der Waals surface area contributed by atoms with E-state index in [9.17, 15) is 0 Å². The van der Waals surface area contributed by atoms with Crippen molar-refractivity contribution in [3.8, 4) is 0 Å². The number of rotatable bonds is 5. The van der Waals surface area contributed by atoms with Crippen LogP contribution >= 0.6 is 0 Å². The van der Waals surface area contributed by atoms with E-state index in [-0.39, 0.29) is 0 Å². The third-order valence-corrected chi connectivity index (χ3v) is 5.32. The molecule has 2 rings (SSSR count). The molecule has 0 aromatic carbocycles. The first-order valence-corrected chi connectivity index (χ1v) is 7.98. The van der Waals surface area contributed by atoms with E-state index in [2.05, 4.69) is 38.0 Å². The molecule has 0 aromatic heterocycles. The normalized spacial score (nSPS) is 32.5. The Balaban J connectivity index is 1.93. The van der Waals surface area contributed by atoms with Crippen LogP contribution in [-0.2, 0) is 0 Å². The predicted molar refractivity (Wildman–Crippen MR) is 78.9 cm³/mol. The molecule has 2 saturated carbocycles. The van der Waals surface area contributed by atoms with Crippen LogP contribution in [0.5, 0.6) is 0 Å². The molecule has 106 valence electrons. The summed E-state index contributed by atoms with van der Waals surface area (Å²) in [5.41, 5.74) is 0.463. The van der Waals surface area contributed by atoms with Gasteiger partial charge in [-0.05, 0) is 50.6 Å². The largest absolute Gasteiger partial charge is 0.312 e. The lowest BCUT2D eigenvalue weighted by molar-refractivity contribution is 0.154. The Morgan fingerprint density at radius 1 is 1.17 bits per heavy atom. The summed E-state index contributed by atoms with van der Waals surface area (Å²) in [6.07, 6.45) is 8.59. The third-order valence-electron chi connectivity index (χ3n) is 5.32. The highest BCUT2D eigenvalue weighted by Gasteiger charge is 2.43. The highest BCUT2D eigenvalue weighted by Crippen LogP contribution is 2.40. The smallest absolute Gasteiger partial charge is 0.0274 e. The van der Waals surface area contributed by atoms with E-state index in [1.54, 1.807) is 0 Å². The Labute approximate surface area is 114 Å². The molecule has 0 amide bonds. The van der Waals surface area contributed by atoms with Crippen LogP contribution in [0.1, 0.15) is 59.3 Å². The van der Waals surface area contributed by atoms with Gasteiger partial charge in [-0.25, -0.2) is 0 Å². The van der Waals surface area contributed by atoms with Gasteiger partial charge in [-0.3, -0.25) is 0 Å². The average molecular weight is 252 g/mol. The standard InChI is InChI=1S/C16H32N2/c1-5-17-15-14(10-11-16(15,2)3)18(4)12-13-8-6-7-9-13/h13-15,17H,5-12H2,1-4H3. The van der Waals surface area contributed by atoms with Gasteiger partial charge in [-0.2, -0.15) is 0 Å². The summed E-state index contributed by atoms with van der Waals surface area (Å²) in [5.74, 6) is 0.973. The van der Waals surface area contributed by atoms with Crippen LogP contribution < -0.4 is 5.32 Å². The van der Waals surface area contributed by atoms with Crippen molar-refractivity contribution >= 4 is 0 Å². The van der Waals surface area contributed by atoms with Crippen molar-refractivity contribution in [1.82, 2.24) is 10.2 Å². The maximum absolute atomic E-state index is 3.75. The first-order valence-electron chi connectivity index (χ1n) is 7.98. The second-order valence-corrected chi connectivity index (χ2v) is 7.22. The maximum Gasteiger partial charge on any atom is 0.0274 e. The van der Waals surface area contributed by atoms with Crippen molar-refractivity contribution < 1.29 is 0 Å². The molecule has 2 aliphatic carbocycles. The second-order valence-electron chi connectivity index (χ2n) is 7.22. The SMILES string of the molecule is CCNC1C(N(C)CC2CCCC2)CCC1(C)C. The lowest BCUT2D eigenvalue weighted by Crippen LogP contribution is -2.51. The quantitative estimate of drug-likeness (QED) is 0.808. The Hall–Kier alpha value is -0.0800. The molecule has 0 spiro atoms. The number of likely N-dealkylation sites (N-methyl/N-ethyl adjacent to an activating group) is 2. The van der Waals surface area contributed by atoms with E-state index in [1.165, 1.54) is 45.1 Å². The van der Waals surface area contributed by atoms with Gasteiger partial charge in [0, 0.05) is 18.6 Å². The van der Waals surface area contributed by atoms with Gasteiger partial charge >= 0.3 is 0 Å². The third kappa shape index (κ3) is 3.08. The van der Waals surface area contributed by atoms with E-state index >= 15 is 0 Å². The van der Waals surface area contributed by atoms with Crippen molar-refractivity contribution in [2.45, 2.75) is 71.4 Å². The van der Waals surface area contributed by atoms with E-state index in [0.717, 1.165) is 18.5 Å². The molecule has 18 heavy (non-hydrogen) atoms. The fraction of sp³-hybridized carbons (Fsp3) is 1.00. The Morgan fingerprint density at radius 2 is 1.83 bits per heavy atom. The summed E-state index contributed by atoms with van der Waals surface area (Å²) in [6.45, 7) is 9.53. The average Bonchev–Trinajstić information content (AvgIpc) is 2.89. The summed E-state index contributed by atoms with van der Waals surface area (Å²) >= 11 is 0. The van der Waals surface area contributed by atoms with Crippen LogP contribution in [-0.4, -0.2) is 37.1 Å². The molecule has 0 radical (unpaired) electrons. The van der Waals surface area contributed by atoms with Gasteiger partial charge < -0.3 is 10.2 Å². The fourth-order valence-corrected chi connectivity index (χ4v) is 4.21. The zero-order valence-electron chi connectivity index (χ0n) is 12.8. The van der Waals surface area contributed by atoms with Gasteiger partial charge in [0.05, 0.1) is 0 Å². The zero-order chi connectivity index (χ0) is 13.2. The Kier molecular flexibility index (Phi) is 4.71. The molecular formula is C16H32N2. The summed E-state index contributed by atoms with van der Waals surface area (Å²) < 4.78 is 0. The van der Waals surface area contributed by atoms with Crippen LogP contribution in [0.4, 0.5) is 0 Å². The first-order chi connectivity index (χ1) is 8.54. The van der Waals surface area contributed by atoms with Gasteiger partial charge in [-0.1, -0.05) is 33.6 Å². The summed E-state index contributed by atoms with van der Waals surface area (Å²) in [4.78, 5) is 2.66. The lowest BCUT2D eigenvalue weighted by Gasteiger charge is -2.37. The van der Waals surface area contributed by atoms with E-state index in [1.807, 2.05) is 0 Å². The van der Waals surface area contributed by atoms with Crippen molar-refractivity contribution in [3.05, 3.63) is 0 Å². The minimum atomic E-state index is 0.463. The van der Waals surface area contributed by atoms with Crippen LogP contribution in [0.2, 0.25) is 0 Å². The predicted octanol–water partition coefficient (Wildman–Crippen LogP) is 3.28. The van der Waals surface area contributed by atoms with Crippen LogP contribution in [0.25, 0.3) is 0 Å². The Bertz CT molecular complexity index is 256. The van der Waals surface area contributed by atoms with Gasteiger partial charge in [0.2, 0.25) is 0 Å². The van der Waals surface area contributed by atoms with Crippen molar-refractivity contribution in [2.75, 3.05) is 20.1 Å². The minimum absolute atomic E-state index is 0.463. The summed E-state index contributed by atoms with van der Waals surface area (Å²) in [6, 6.07) is 1.43. The highest BCUT2D eigenvalue weighted by molar-refractivity contribution is 5.00. The molecule has 2 fully saturated rings. The molecule has 2 aliphatic rings. The van der Waals surface area contributed by atoms with Crippen LogP contribution in [0.15, 0.2) is 0 Å². The molecular weight excluding hydrogens is 220 g/mol. The van der Waals surface area contributed by atoms with Gasteiger partial charge in [0.1, 0.15) is 0 Å². The molecule has 0 saturated heterocycles. The molecule has 0 bridgehead atoms. The van der Waals surface area contributed by atoms with Gasteiger partial charge in [0.15, 0.2) is 0 Å². The van der Waals surface area contributed by atoms with E-state index in [0.29, 0.717) is 11.5 Å². The highest BCUT2D eigenvalue weighted by atomic mass is 15.2. The molecule has 2 heteroatoms. The van der Waals surface area contributed by atoms with Gasteiger partial charge in [0.25, 0.3) is 0 Å². The summed E-state index contributed by atoms with van der Waals surface area (Å²) in [5, 5.41) is 3.75. The van der Waals surface area contributed by atoms with Gasteiger partial charge in [-0.15, -0.1) is 0 Å². The maximum atomic E-state index is 3.75. The molecule has 0 aromatic rings. The topological polar surface area (TPSA) is 15.3 Å². The lowest BCUT2D eigenvalue weighted by atomic mass is 9.86.